The first-order chi connectivity index (χ1) is 36.1. The molecule has 1 fully saturated rings. The first kappa shape index (κ1) is 66.5. The van der Waals surface area contributed by atoms with Crippen molar-refractivity contribution in [3.05, 3.63) is 132 Å². The number of aromatic nitrogens is 2. The van der Waals surface area contributed by atoms with Gasteiger partial charge in [-0.1, -0.05) is 149 Å². The molecule has 21 heteroatoms. The summed E-state index contributed by atoms with van der Waals surface area (Å²) in [6.45, 7) is 1.83. The van der Waals surface area contributed by atoms with Gasteiger partial charge in [-0.25, -0.2) is 13.9 Å². The Bertz CT molecular complexity index is 2200. The van der Waals surface area contributed by atoms with E-state index in [1.54, 1.807) is 6.08 Å². The maximum atomic E-state index is 12.9. The van der Waals surface area contributed by atoms with Crippen LogP contribution in [0.25, 0.3) is 0 Å². The molecule has 1 aliphatic rings. The average Bonchev–Trinajstić information content (AvgIpc) is 3.65. The number of hydrogen-bond acceptors (Lipinski definition) is 16. The number of phosphoric acid groups is 2. The van der Waals surface area contributed by atoms with Crippen LogP contribution >= 0.6 is 15.6 Å². The molecule has 2 unspecified atom stereocenters. The quantitative estimate of drug-likeness (QED) is 0.0154. The van der Waals surface area contributed by atoms with Crippen LogP contribution in [0.3, 0.4) is 0 Å². The van der Waals surface area contributed by atoms with E-state index in [0.29, 0.717) is 32.1 Å². The molecule has 1 aliphatic heterocycles. The van der Waals surface area contributed by atoms with Gasteiger partial charge in [-0.3, -0.25) is 23.2 Å². The highest BCUT2D eigenvalue weighted by molar-refractivity contribution is 7.61. The average molecular weight is 1090 g/mol. The highest BCUT2D eigenvalue weighted by Crippen LogP contribution is 2.60. The van der Waals surface area contributed by atoms with Gasteiger partial charge >= 0.3 is 33.3 Å². The summed E-state index contributed by atoms with van der Waals surface area (Å²) in [5.74, 6) is -1.50. The van der Waals surface area contributed by atoms with Gasteiger partial charge in [0.25, 0.3) is 0 Å². The largest absolute Gasteiger partial charge is 0.481 e. The van der Waals surface area contributed by atoms with Gasteiger partial charge < -0.3 is 45.1 Å². The van der Waals surface area contributed by atoms with Gasteiger partial charge in [0.1, 0.15) is 30.7 Å². The molecule has 0 spiro atoms. The standard InChI is InChI=1S/C54H83N3O16P2/c1-3-5-7-8-9-10-11-12-13-14-15-16-17-18-23-26-29-32-35-39-50(60)71-46(42-68-49(59)38-34-31-28-25-22-20-19-21-24-27-30-33-37-45(58)36-6-4-2)43-69-74(64,65)73-75(66,67)70-44-47-51(61)52(62)53(72-47)57-41-40-48(55)56-54(57)63/h9-10,12-13,15-16,18-20,23-25,27-29,32-33,37,40-41,45-47,51-53,58,61-62H,3-8,11,14,17,21-22,26,30-31,34-36,38-39,42-44H2,1-2H3,(H,64,65)(H,66,67)(H2,55,56,63)/b10-9-,13-12-,16-15-,20-19-,23-18-,27-24-,28-25-,32-29-,37-33-/t45-,46+,47+,51+,52+,53+/m0/s1. The third-order valence-corrected chi connectivity index (χ3v) is 13.5. The van der Waals surface area contributed by atoms with Crippen molar-refractivity contribution in [1.29, 1.82) is 0 Å². The molecule has 420 valence electrons. The van der Waals surface area contributed by atoms with E-state index in [1.807, 2.05) is 60.8 Å². The molecule has 8 atom stereocenters. The summed E-state index contributed by atoms with van der Waals surface area (Å²) in [7, 11) is -10.9. The number of anilines is 1. The van der Waals surface area contributed by atoms with Crippen molar-refractivity contribution in [1.82, 2.24) is 9.55 Å². The van der Waals surface area contributed by atoms with E-state index in [1.165, 1.54) is 25.3 Å². The summed E-state index contributed by atoms with van der Waals surface area (Å²) in [5, 5.41) is 30.8. The Morgan fingerprint density at radius 2 is 1.21 bits per heavy atom. The van der Waals surface area contributed by atoms with Crippen LogP contribution in [0.4, 0.5) is 5.82 Å². The number of nitrogen functional groups attached to an aromatic ring is 1. The SMILES string of the molecule is CCCCC/C=C\C/C=C\C/C=C\C/C=C\C/C=C\CCC(=O)O[C@H](COC(=O)CCC/C=C\C/C=C\C/C=C\C/C=C\[C@@H](O)CCCC)COP(=O)(O)OP(=O)(O)OC[C@H]1O[C@@H](n2ccc(N)nc2=O)[C@H](O)[C@@H]1O. The van der Waals surface area contributed by atoms with Crippen molar-refractivity contribution in [3.63, 3.8) is 0 Å². The number of unbranched alkanes of at least 4 members (excludes halogenated alkanes) is 5. The molecule has 0 aliphatic carbocycles. The van der Waals surface area contributed by atoms with Crippen molar-refractivity contribution in [2.45, 2.75) is 173 Å². The van der Waals surface area contributed by atoms with Gasteiger partial charge in [0, 0.05) is 19.0 Å². The Morgan fingerprint density at radius 3 is 1.77 bits per heavy atom. The number of aliphatic hydroxyl groups is 3. The predicted molar refractivity (Wildman–Crippen MR) is 290 cm³/mol. The molecule has 1 saturated heterocycles. The summed E-state index contributed by atoms with van der Waals surface area (Å²) >= 11 is 0. The number of carbonyl (C=O) groups is 2. The van der Waals surface area contributed by atoms with Gasteiger partial charge in [-0.15, -0.1) is 0 Å². The van der Waals surface area contributed by atoms with Crippen LogP contribution in [0.5, 0.6) is 0 Å². The van der Waals surface area contributed by atoms with E-state index >= 15 is 0 Å². The zero-order chi connectivity index (χ0) is 55.0. The van der Waals surface area contributed by atoms with Crippen LogP contribution < -0.4 is 11.4 Å². The molecule has 0 saturated carbocycles. The predicted octanol–water partition coefficient (Wildman–Crippen LogP) is 9.97. The van der Waals surface area contributed by atoms with Crippen LogP contribution in [0.1, 0.15) is 142 Å². The first-order valence-electron chi connectivity index (χ1n) is 26.0. The fraction of sp³-hybridized carbons (Fsp3) is 0.556. The van der Waals surface area contributed by atoms with Crippen molar-refractivity contribution in [2.24, 2.45) is 0 Å². The van der Waals surface area contributed by atoms with Gasteiger partial charge in [-0.2, -0.15) is 9.29 Å². The number of nitrogens with two attached hydrogens (primary N) is 1. The normalized spacial score (nSPS) is 20.1. The minimum absolute atomic E-state index is 0.0121. The van der Waals surface area contributed by atoms with E-state index in [2.05, 4.69) is 65.7 Å². The molecule has 0 amide bonds. The van der Waals surface area contributed by atoms with E-state index in [9.17, 15) is 48.6 Å². The number of carbonyl (C=O) groups excluding carboxylic acids is 2. The first-order valence-corrected chi connectivity index (χ1v) is 29.0. The minimum atomic E-state index is -5.47. The molecule has 19 nitrogen and oxygen atoms in total. The Hall–Kier alpha value is -4.62. The van der Waals surface area contributed by atoms with Crippen LogP contribution in [0.15, 0.2) is 126 Å². The second-order valence-electron chi connectivity index (χ2n) is 17.5. The molecule has 75 heavy (non-hydrogen) atoms. The number of phosphoric ester groups is 2. The monoisotopic (exact) mass is 1090 g/mol. The third-order valence-electron chi connectivity index (χ3n) is 10.9. The van der Waals surface area contributed by atoms with Crippen LogP contribution in [0, 0.1) is 0 Å². The van der Waals surface area contributed by atoms with Crippen molar-refractivity contribution in [3.8, 4) is 0 Å². The van der Waals surface area contributed by atoms with E-state index in [0.717, 1.165) is 68.6 Å². The summed E-state index contributed by atoms with van der Waals surface area (Å²) in [5.41, 5.74) is 4.57. The lowest BCUT2D eigenvalue weighted by molar-refractivity contribution is -0.161. The van der Waals surface area contributed by atoms with Crippen molar-refractivity contribution in [2.75, 3.05) is 25.6 Å². The topological polar surface area (TPSA) is 286 Å². The fourth-order valence-corrected chi connectivity index (χ4v) is 8.95. The van der Waals surface area contributed by atoms with E-state index in [4.69, 9.17) is 29.0 Å². The molecular formula is C54H83N3O16P2. The van der Waals surface area contributed by atoms with E-state index in [-0.39, 0.29) is 18.7 Å². The summed E-state index contributed by atoms with van der Waals surface area (Å²) < 4.78 is 56.6. The number of aliphatic hydroxyl groups excluding tert-OH is 3. The zero-order valence-corrected chi connectivity index (χ0v) is 45.4. The molecule has 0 radical (unpaired) electrons. The van der Waals surface area contributed by atoms with Crippen LogP contribution in [-0.4, -0.2) is 96.9 Å². The van der Waals surface area contributed by atoms with Gasteiger partial charge in [-0.05, 0) is 89.5 Å². The molecule has 2 heterocycles. The highest BCUT2D eigenvalue weighted by Gasteiger charge is 2.46. The summed E-state index contributed by atoms with van der Waals surface area (Å²) in [6, 6.07) is 1.24. The minimum Gasteiger partial charge on any atom is -0.462 e. The Labute approximate surface area is 443 Å². The van der Waals surface area contributed by atoms with E-state index < -0.39 is 89.8 Å². The molecule has 0 aromatic carbocycles. The Balaban J connectivity index is 1.87. The maximum Gasteiger partial charge on any atom is 0.481 e. The number of hydrogen-bond donors (Lipinski definition) is 6. The summed E-state index contributed by atoms with van der Waals surface area (Å²) in [4.78, 5) is 61.9. The molecule has 7 N–H and O–H groups in total. The van der Waals surface area contributed by atoms with Crippen LogP contribution in [0.2, 0.25) is 0 Å². The highest BCUT2D eigenvalue weighted by atomic mass is 31.3. The number of nitrogens with zero attached hydrogens (tertiary/aromatic N) is 2. The lowest BCUT2D eigenvalue weighted by atomic mass is 10.1. The molecular weight excluding hydrogens is 1010 g/mol. The number of ether oxygens (including phenoxy) is 3. The Morgan fingerprint density at radius 1 is 0.693 bits per heavy atom. The summed E-state index contributed by atoms with van der Waals surface area (Å²) in [6.07, 6.45) is 43.8. The lowest BCUT2D eigenvalue weighted by Crippen LogP contribution is -2.36. The lowest BCUT2D eigenvalue weighted by Gasteiger charge is -2.21. The van der Waals surface area contributed by atoms with Gasteiger partial charge in [0.05, 0.1) is 19.3 Å². The van der Waals surface area contributed by atoms with Gasteiger partial charge in [0.15, 0.2) is 12.3 Å². The molecule has 0 bridgehead atoms. The Kier molecular flexibility index (Phi) is 36.0. The second-order valence-corrected chi connectivity index (χ2v) is 20.5. The second kappa shape index (κ2) is 40.6. The fourth-order valence-electron chi connectivity index (χ4n) is 6.83. The third kappa shape index (κ3) is 33.2. The smallest absolute Gasteiger partial charge is 0.462 e. The molecule has 1 aromatic heterocycles. The number of rotatable bonds is 41. The van der Waals surface area contributed by atoms with Crippen molar-refractivity contribution >= 4 is 33.4 Å². The maximum absolute atomic E-state index is 12.9. The van der Waals surface area contributed by atoms with Gasteiger partial charge in [0.2, 0.25) is 0 Å². The van der Waals surface area contributed by atoms with Crippen LogP contribution in [-0.2, 0) is 46.3 Å². The molecule has 1 aromatic rings. The number of esters is 2. The zero-order valence-electron chi connectivity index (χ0n) is 43.7. The number of allylic oxidation sites excluding steroid dienone is 17. The van der Waals surface area contributed by atoms with Crippen molar-refractivity contribution < 1.29 is 71.4 Å². The molecule has 2 rings (SSSR count).